The fraction of sp³-hybridized carbons (Fsp3) is 0.158. The Morgan fingerprint density at radius 2 is 1.43 bits per heavy atom. The molecule has 144 valence electrons. The first-order valence-corrected chi connectivity index (χ1v) is 8.42. The highest BCUT2D eigenvalue weighted by Gasteiger charge is 2.53. The molecule has 2 fully saturated rings. The van der Waals surface area contributed by atoms with Crippen molar-refractivity contribution >= 4 is 23.9 Å². The van der Waals surface area contributed by atoms with Crippen molar-refractivity contribution in [3.05, 3.63) is 71.8 Å². The van der Waals surface area contributed by atoms with Crippen molar-refractivity contribution in [3.8, 4) is 0 Å². The molecule has 9 nitrogen and oxygen atoms in total. The van der Waals surface area contributed by atoms with Crippen LogP contribution in [0.2, 0.25) is 0 Å². The van der Waals surface area contributed by atoms with Crippen LogP contribution in [0, 0.1) is 0 Å². The molecule has 0 spiro atoms. The summed E-state index contributed by atoms with van der Waals surface area (Å²) in [6.45, 7) is -0.523. The monoisotopic (exact) mass is 382 g/mol. The summed E-state index contributed by atoms with van der Waals surface area (Å²) in [6, 6.07) is 17.0. The maximum Gasteiger partial charge on any atom is 0.327 e. The number of urea groups is 2. The number of benzene rings is 2. The van der Waals surface area contributed by atoms with Crippen LogP contribution in [-0.4, -0.2) is 47.2 Å². The Balaban J connectivity index is 0.000000271. The number of aliphatic hydroxyl groups excluding tert-OH is 1. The highest BCUT2D eigenvalue weighted by molar-refractivity contribution is 6.09. The maximum atomic E-state index is 12.8. The van der Waals surface area contributed by atoms with Crippen LogP contribution in [0.25, 0.3) is 0 Å². The van der Waals surface area contributed by atoms with Crippen molar-refractivity contribution < 1.29 is 24.3 Å². The third kappa shape index (κ3) is 3.42. The van der Waals surface area contributed by atoms with E-state index in [0.717, 1.165) is 4.90 Å². The molecule has 0 aromatic heterocycles. The third-order valence-corrected chi connectivity index (χ3v) is 4.32. The van der Waals surface area contributed by atoms with Crippen molar-refractivity contribution in [3.63, 3.8) is 0 Å². The lowest BCUT2D eigenvalue weighted by Crippen LogP contribution is -2.45. The van der Waals surface area contributed by atoms with Gasteiger partial charge in [-0.2, -0.15) is 0 Å². The summed E-state index contributed by atoms with van der Waals surface area (Å²) in [5, 5.41) is 16.3. The van der Waals surface area contributed by atoms with Crippen LogP contribution in [0.15, 0.2) is 60.7 Å². The van der Waals surface area contributed by atoms with E-state index in [4.69, 9.17) is 0 Å². The molecule has 0 atom stereocenters. The normalized spacial score (nSPS) is 17.4. The van der Waals surface area contributed by atoms with E-state index in [1.165, 1.54) is 0 Å². The lowest BCUT2D eigenvalue weighted by atomic mass is 9.83. The van der Waals surface area contributed by atoms with Crippen LogP contribution >= 0.6 is 0 Å². The largest absolute Gasteiger partial charge is 0.376 e. The molecule has 0 bridgehead atoms. The van der Waals surface area contributed by atoms with Gasteiger partial charge in [-0.15, -0.1) is 0 Å². The van der Waals surface area contributed by atoms with Gasteiger partial charge in [-0.25, -0.2) is 14.5 Å². The van der Waals surface area contributed by atoms with E-state index in [1.54, 1.807) is 48.5 Å². The summed E-state index contributed by atoms with van der Waals surface area (Å²) in [5.74, 6) is -0.739. The van der Waals surface area contributed by atoms with Crippen LogP contribution in [0.1, 0.15) is 11.1 Å². The molecule has 2 aromatic rings. The molecular weight excluding hydrogens is 364 g/mol. The van der Waals surface area contributed by atoms with Gasteiger partial charge in [0, 0.05) is 0 Å². The molecule has 0 saturated carbocycles. The zero-order valence-corrected chi connectivity index (χ0v) is 14.7. The van der Waals surface area contributed by atoms with Gasteiger partial charge in [0.05, 0.1) is 6.54 Å². The summed E-state index contributed by atoms with van der Waals surface area (Å²) in [5.41, 5.74) is 0.0264. The van der Waals surface area contributed by atoms with Gasteiger partial charge in [0.2, 0.25) is 5.91 Å². The smallest absolute Gasteiger partial charge is 0.327 e. The van der Waals surface area contributed by atoms with E-state index in [0.29, 0.717) is 11.1 Å². The molecule has 2 saturated heterocycles. The van der Waals surface area contributed by atoms with E-state index in [2.05, 4.69) is 10.6 Å². The number of imide groups is 2. The molecule has 28 heavy (non-hydrogen) atoms. The van der Waals surface area contributed by atoms with Gasteiger partial charge < -0.3 is 15.7 Å². The molecule has 2 heterocycles. The average Bonchev–Trinajstić information content (AvgIpc) is 3.22. The summed E-state index contributed by atoms with van der Waals surface area (Å²) in [7, 11) is 0. The molecule has 2 aliphatic heterocycles. The first-order chi connectivity index (χ1) is 13.5. The van der Waals surface area contributed by atoms with Gasteiger partial charge >= 0.3 is 12.1 Å². The summed E-state index contributed by atoms with van der Waals surface area (Å²) in [6.07, 6.45) is 0. The molecule has 0 radical (unpaired) electrons. The molecule has 0 aliphatic carbocycles. The van der Waals surface area contributed by atoms with Crippen LogP contribution < -0.4 is 16.0 Å². The third-order valence-electron chi connectivity index (χ3n) is 4.32. The van der Waals surface area contributed by atoms with E-state index in [-0.39, 0.29) is 12.5 Å². The van der Waals surface area contributed by atoms with E-state index < -0.39 is 30.2 Å². The Morgan fingerprint density at radius 3 is 1.75 bits per heavy atom. The Kier molecular flexibility index (Phi) is 5.37. The van der Waals surface area contributed by atoms with Crippen molar-refractivity contribution in [1.29, 1.82) is 0 Å². The zero-order valence-electron chi connectivity index (χ0n) is 14.7. The minimum atomic E-state index is -1.29. The first kappa shape index (κ1) is 19.1. The van der Waals surface area contributed by atoms with Gasteiger partial charge in [0.15, 0.2) is 5.54 Å². The second-order valence-electron chi connectivity index (χ2n) is 6.02. The second kappa shape index (κ2) is 7.89. The molecule has 9 heteroatoms. The molecule has 2 aromatic carbocycles. The van der Waals surface area contributed by atoms with Gasteiger partial charge in [-0.3, -0.25) is 14.9 Å². The Morgan fingerprint density at radius 1 is 0.893 bits per heavy atom. The number of carbonyl (C=O) groups excluding carboxylic acids is 4. The molecular formula is C19H18N4O5. The van der Waals surface area contributed by atoms with Crippen LogP contribution in [-0.2, 0) is 15.1 Å². The number of amides is 6. The van der Waals surface area contributed by atoms with Crippen molar-refractivity contribution in [2.75, 3.05) is 13.3 Å². The van der Waals surface area contributed by atoms with Gasteiger partial charge in [-0.05, 0) is 11.1 Å². The molecule has 2 aliphatic rings. The minimum Gasteiger partial charge on any atom is -0.376 e. The Labute approximate surface area is 160 Å². The molecule has 4 rings (SSSR count). The highest BCUT2D eigenvalue weighted by Crippen LogP contribution is 2.35. The van der Waals surface area contributed by atoms with E-state index in [9.17, 15) is 24.3 Å². The van der Waals surface area contributed by atoms with Crippen molar-refractivity contribution in [2.24, 2.45) is 0 Å². The quantitative estimate of drug-likeness (QED) is 0.566. The number of rotatable bonds is 3. The topological polar surface area (TPSA) is 128 Å². The summed E-state index contributed by atoms with van der Waals surface area (Å²) >= 11 is 0. The van der Waals surface area contributed by atoms with Crippen LogP contribution in [0.4, 0.5) is 9.59 Å². The van der Waals surface area contributed by atoms with Crippen LogP contribution in [0.3, 0.4) is 0 Å². The van der Waals surface area contributed by atoms with Gasteiger partial charge in [0.25, 0.3) is 5.91 Å². The van der Waals surface area contributed by atoms with Crippen molar-refractivity contribution in [1.82, 2.24) is 20.9 Å². The lowest BCUT2D eigenvalue weighted by molar-refractivity contribution is -0.132. The summed E-state index contributed by atoms with van der Waals surface area (Å²) in [4.78, 5) is 45.6. The average molecular weight is 382 g/mol. The van der Waals surface area contributed by atoms with Crippen LogP contribution in [0.5, 0.6) is 0 Å². The SMILES string of the molecule is O=C1CNC(=O)N1.O=C1NC(c2ccccc2)(c2ccccc2)C(=O)N1CO. The van der Waals surface area contributed by atoms with Gasteiger partial charge in [0.1, 0.15) is 6.73 Å². The number of hydrogen-bond donors (Lipinski definition) is 4. The van der Waals surface area contributed by atoms with Crippen molar-refractivity contribution in [2.45, 2.75) is 5.54 Å². The van der Waals surface area contributed by atoms with E-state index in [1.807, 2.05) is 17.4 Å². The minimum absolute atomic E-state index is 0.124. The predicted octanol–water partition coefficient (Wildman–Crippen LogP) is 0.258. The first-order valence-electron chi connectivity index (χ1n) is 8.42. The Bertz CT molecular complexity index is 848. The van der Waals surface area contributed by atoms with E-state index >= 15 is 0 Å². The standard InChI is InChI=1S/C16H14N2O3.C3H4N2O2/c19-11-18-14(20)16(17-15(18)21,12-7-3-1-4-8-12)13-9-5-2-6-10-13;6-2-1-4-3(7)5-2/h1-10,19H,11H2,(H,17,21);1H2,(H2,4,5,6,7). The molecule has 4 N–H and O–H groups in total. The molecule has 6 amide bonds. The van der Waals surface area contributed by atoms with Gasteiger partial charge in [-0.1, -0.05) is 60.7 Å². The molecule has 0 unspecified atom stereocenters. The number of carbonyl (C=O) groups is 4. The predicted molar refractivity (Wildman–Crippen MR) is 97.7 cm³/mol. The number of nitrogens with zero attached hydrogens (tertiary/aromatic N) is 1. The number of nitrogens with one attached hydrogen (secondary N) is 3. The second-order valence-corrected chi connectivity index (χ2v) is 6.02. The lowest BCUT2D eigenvalue weighted by Gasteiger charge is -2.27. The number of hydrogen-bond acceptors (Lipinski definition) is 5. The summed E-state index contributed by atoms with van der Waals surface area (Å²) < 4.78 is 0. The highest BCUT2D eigenvalue weighted by atomic mass is 16.3. The maximum absolute atomic E-state index is 12.8. The Hall–Kier alpha value is -3.72. The zero-order chi connectivity index (χ0) is 20.1. The fourth-order valence-corrected chi connectivity index (χ4v) is 3.01. The number of aliphatic hydroxyl groups is 1. The fourth-order valence-electron chi connectivity index (χ4n) is 3.01.